The quantitative estimate of drug-likeness (QED) is 0.262. The molecule has 0 unspecified atom stereocenters. The van der Waals surface area contributed by atoms with Gasteiger partial charge in [0.15, 0.2) is 0 Å². The number of nitrogens with zero attached hydrogens (tertiary/aromatic N) is 5. The third-order valence-electron chi connectivity index (χ3n) is 7.02. The summed E-state index contributed by atoms with van der Waals surface area (Å²) in [4.78, 5) is 6.78. The van der Waals surface area contributed by atoms with E-state index in [1.807, 2.05) is 17.2 Å². The third-order valence-corrected chi connectivity index (χ3v) is 7.02. The van der Waals surface area contributed by atoms with Crippen LogP contribution in [-0.4, -0.2) is 63.0 Å². The maximum Gasteiger partial charge on any atom is 0.408 e. The number of aryl methyl sites for hydroxylation is 1. The Morgan fingerprint density at radius 2 is 1.82 bits per heavy atom. The third kappa shape index (κ3) is 6.21. The van der Waals surface area contributed by atoms with E-state index in [-0.39, 0.29) is 12.8 Å². The highest BCUT2D eigenvalue weighted by molar-refractivity contribution is 5.85. The first-order chi connectivity index (χ1) is 18.5. The highest BCUT2D eigenvalue weighted by Crippen LogP contribution is 2.31. The van der Waals surface area contributed by atoms with Crippen LogP contribution in [0.2, 0.25) is 0 Å². The molecular formula is C27H28F6N6. The molecule has 4 aromatic rings. The summed E-state index contributed by atoms with van der Waals surface area (Å²) in [6.07, 6.45) is 1.12. The largest absolute Gasteiger partial charge is 0.408 e. The summed E-state index contributed by atoms with van der Waals surface area (Å²) >= 11 is 0. The number of alkyl halides is 5. The fraction of sp³-hybridized carbons (Fsp3) is 0.407. The first kappa shape index (κ1) is 27.0. The van der Waals surface area contributed by atoms with Gasteiger partial charge in [-0.1, -0.05) is 6.07 Å². The lowest BCUT2D eigenvalue weighted by molar-refractivity contribution is -0.142. The molecule has 0 bridgehead atoms. The molecule has 1 aliphatic rings. The van der Waals surface area contributed by atoms with Gasteiger partial charge in [-0.3, -0.25) is 9.25 Å². The maximum atomic E-state index is 14.4. The fourth-order valence-corrected chi connectivity index (χ4v) is 4.95. The molecule has 0 spiro atoms. The number of piperidine rings is 1. The number of hydrogen-bond donors (Lipinski definition) is 1. The molecule has 39 heavy (non-hydrogen) atoms. The van der Waals surface area contributed by atoms with E-state index in [1.165, 1.54) is 18.5 Å². The summed E-state index contributed by atoms with van der Waals surface area (Å²) in [5, 5.41) is 7.44. The van der Waals surface area contributed by atoms with Gasteiger partial charge in [0, 0.05) is 56.3 Å². The summed E-state index contributed by atoms with van der Waals surface area (Å²) < 4.78 is 82.6. The molecule has 0 saturated carbocycles. The molecule has 3 aromatic heterocycles. The first-order valence-electron chi connectivity index (χ1n) is 12.7. The van der Waals surface area contributed by atoms with Crippen molar-refractivity contribution in [3.8, 4) is 16.9 Å². The van der Waals surface area contributed by atoms with Crippen LogP contribution in [0.25, 0.3) is 28.0 Å². The average Bonchev–Trinajstić information content (AvgIpc) is 3.48. The second-order valence-corrected chi connectivity index (χ2v) is 9.85. The van der Waals surface area contributed by atoms with Gasteiger partial charge in [0.25, 0.3) is 5.92 Å². The van der Waals surface area contributed by atoms with Crippen LogP contribution in [0.4, 0.5) is 32.0 Å². The number of fused-ring (bicyclic) bond motifs is 1. The van der Waals surface area contributed by atoms with Crippen LogP contribution in [0.15, 0.2) is 48.9 Å². The van der Waals surface area contributed by atoms with E-state index in [1.54, 1.807) is 29.8 Å². The second-order valence-electron chi connectivity index (χ2n) is 9.85. The van der Waals surface area contributed by atoms with Crippen LogP contribution in [0.1, 0.15) is 24.8 Å². The lowest BCUT2D eigenvalue weighted by Gasteiger charge is -2.31. The number of nitrogens with one attached hydrogen (secondary N) is 1. The molecule has 1 fully saturated rings. The lowest BCUT2D eigenvalue weighted by atomic mass is 10.0. The van der Waals surface area contributed by atoms with Gasteiger partial charge in [-0.15, -0.1) is 0 Å². The van der Waals surface area contributed by atoms with Crippen LogP contribution in [0.3, 0.4) is 0 Å². The first-order valence-corrected chi connectivity index (χ1v) is 12.7. The number of likely N-dealkylation sites (tertiary alicyclic amines) is 1. The minimum Gasteiger partial charge on any atom is -0.386 e. The zero-order valence-corrected chi connectivity index (χ0v) is 21.3. The van der Waals surface area contributed by atoms with Gasteiger partial charge in [0.2, 0.25) is 0 Å². The predicted molar refractivity (Wildman–Crippen MR) is 137 cm³/mol. The Morgan fingerprint density at radius 1 is 1.05 bits per heavy atom. The van der Waals surface area contributed by atoms with Gasteiger partial charge in [-0.2, -0.15) is 18.3 Å². The van der Waals surface area contributed by atoms with E-state index in [2.05, 4.69) is 10.4 Å². The maximum absolute atomic E-state index is 14.4. The topological polar surface area (TPSA) is 50.9 Å². The van der Waals surface area contributed by atoms with Crippen LogP contribution in [0.5, 0.6) is 0 Å². The SMILES string of the molecule is CNc1ccc(-c2ccc3c(CCCN4CCC(F)(F)CC4)cn(-c4cnn(CC(F)(F)F)c4)c3n2)cc1F. The summed E-state index contributed by atoms with van der Waals surface area (Å²) in [7, 11) is 1.62. The Labute approximate surface area is 221 Å². The van der Waals surface area contributed by atoms with E-state index >= 15 is 0 Å². The van der Waals surface area contributed by atoms with Crippen molar-refractivity contribution in [3.05, 3.63) is 60.3 Å². The predicted octanol–water partition coefficient (Wildman–Crippen LogP) is 6.30. The Morgan fingerprint density at radius 3 is 2.51 bits per heavy atom. The molecule has 5 rings (SSSR count). The normalized spacial score (nSPS) is 16.2. The summed E-state index contributed by atoms with van der Waals surface area (Å²) in [5.74, 6) is -3.03. The van der Waals surface area contributed by atoms with Crippen molar-refractivity contribution in [1.82, 2.24) is 24.2 Å². The molecule has 0 aliphatic carbocycles. The molecule has 0 amide bonds. The Bertz CT molecular complexity index is 1450. The van der Waals surface area contributed by atoms with E-state index < -0.39 is 24.5 Å². The van der Waals surface area contributed by atoms with Crippen molar-refractivity contribution in [1.29, 1.82) is 0 Å². The number of rotatable bonds is 8. The minimum atomic E-state index is -4.42. The number of aromatic nitrogens is 4. The highest BCUT2D eigenvalue weighted by atomic mass is 19.4. The second kappa shape index (κ2) is 10.6. The van der Waals surface area contributed by atoms with Gasteiger partial charge in [-0.05, 0) is 49.2 Å². The number of pyridine rings is 1. The average molecular weight is 551 g/mol. The van der Waals surface area contributed by atoms with Crippen molar-refractivity contribution in [2.45, 2.75) is 44.3 Å². The molecule has 4 heterocycles. The zero-order valence-electron chi connectivity index (χ0n) is 21.3. The van der Waals surface area contributed by atoms with Crippen molar-refractivity contribution in [3.63, 3.8) is 0 Å². The molecule has 1 saturated heterocycles. The number of benzene rings is 1. The summed E-state index contributed by atoms with van der Waals surface area (Å²) in [6, 6.07) is 8.37. The zero-order chi connectivity index (χ0) is 27.8. The Hall–Kier alpha value is -3.54. The molecule has 12 heteroatoms. The van der Waals surface area contributed by atoms with Crippen molar-refractivity contribution < 1.29 is 26.3 Å². The standard InChI is InChI=1S/C27H28F6N6/c1-34-24-6-4-18(13-22(24)28)23-7-5-21-19(3-2-10-37-11-8-26(29,30)9-12-37)15-39(25(21)36-23)20-14-35-38(16-20)17-27(31,32)33/h4-7,13-16,34H,2-3,8-12,17H2,1H3. The molecule has 1 aromatic carbocycles. The van der Waals surface area contributed by atoms with E-state index in [0.717, 1.165) is 22.1 Å². The van der Waals surface area contributed by atoms with Crippen LogP contribution in [0, 0.1) is 5.82 Å². The van der Waals surface area contributed by atoms with Gasteiger partial charge in [0.05, 0.1) is 23.3 Å². The van der Waals surface area contributed by atoms with Crippen molar-refractivity contribution >= 4 is 16.7 Å². The molecule has 1 aliphatic heterocycles. The van der Waals surface area contributed by atoms with Gasteiger partial charge >= 0.3 is 6.18 Å². The van der Waals surface area contributed by atoms with Crippen LogP contribution >= 0.6 is 0 Å². The monoisotopic (exact) mass is 550 g/mol. The highest BCUT2D eigenvalue weighted by Gasteiger charge is 2.33. The molecule has 6 nitrogen and oxygen atoms in total. The number of halogens is 6. The van der Waals surface area contributed by atoms with Crippen molar-refractivity contribution in [2.75, 3.05) is 32.0 Å². The van der Waals surface area contributed by atoms with Crippen molar-refractivity contribution in [2.24, 2.45) is 0 Å². The van der Waals surface area contributed by atoms with Crippen LogP contribution < -0.4 is 5.32 Å². The molecule has 0 radical (unpaired) electrons. The molecule has 0 atom stereocenters. The Kier molecular flexibility index (Phi) is 7.32. The van der Waals surface area contributed by atoms with Gasteiger partial charge in [-0.25, -0.2) is 18.2 Å². The smallest absolute Gasteiger partial charge is 0.386 e. The number of anilines is 1. The van der Waals surface area contributed by atoms with Gasteiger partial charge in [0.1, 0.15) is 18.0 Å². The summed E-state index contributed by atoms with van der Waals surface area (Å²) in [6.45, 7) is 0.139. The van der Waals surface area contributed by atoms with E-state index in [9.17, 15) is 26.3 Å². The molecular weight excluding hydrogens is 522 g/mol. The van der Waals surface area contributed by atoms with Gasteiger partial charge < -0.3 is 10.2 Å². The van der Waals surface area contributed by atoms with E-state index in [0.29, 0.717) is 54.3 Å². The van der Waals surface area contributed by atoms with Crippen LogP contribution in [-0.2, 0) is 13.0 Å². The Balaban J connectivity index is 1.45. The molecule has 1 N–H and O–H groups in total. The summed E-state index contributed by atoms with van der Waals surface area (Å²) in [5.41, 5.74) is 3.25. The minimum absolute atomic E-state index is 0.142. The lowest BCUT2D eigenvalue weighted by Crippen LogP contribution is -2.39. The number of hydrogen-bond acceptors (Lipinski definition) is 4. The fourth-order valence-electron chi connectivity index (χ4n) is 4.95. The molecule has 208 valence electrons. The van der Waals surface area contributed by atoms with E-state index in [4.69, 9.17) is 4.98 Å².